The lowest BCUT2D eigenvalue weighted by molar-refractivity contribution is -0.143. The fraction of sp³-hybridized carbons (Fsp3) is 0.346. The molecule has 37 heavy (non-hydrogen) atoms. The number of nitrogens with one attached hydrogen (secondary N) is 1. The van der Waals surface area contributed by atoms with E-state index in [0.717, 1.165) is 24.6 Å². The molecule has 2 heterocycles. The van der Waals surface area contributed by atoms with Crippen molar-refractivity contribution >= 4 is 30.0 Å². The van der Waals surface area contributed by atoms with Crippen LogP contribution < -0.4 is 10.2 Å². The van der Waals surface area contributed by atoms with E-state index in [1.165, 1.54) is 19.1 Å². The summed E-state index contributed by atoms with van der Waals surface area (Å²) >= 11 is 0. The number of hydrogen-bond acceptors (Lipinski definition) is 7. The second-order valence-electron chi connectivity index (χ2n) is 8.51. The van der Waals surface area contributed by atoms with Crippen molar-refractivity contribution in [3.05, 3.63) is 82.0 Å². The van der Waals surface area contributed by atoms with Gasteiger partial charge in [0.1, 0.15) is 5.69 Å². The molecule has 0 saturated heterocycles. The first-order chi connectivity index (χ1) is 17.0. The molecule has 200 valence electrons. The third kappa shape index (κ3) is 6.62. The van der Waals surface area contributed by atoms with E-state index in [1.54, 1.807) is 6.92 Å². The fourth-order valence-corrected chi connectivity index (χ4v) is 4.14. The van der Waals surface area contributed by atoms with Crippen LogP contribution in [0.5, 0.6) is 0 Å². The monoisotopic (exact) mass is 539 g/mol. The van der Waals surface area contributed by atoms with E-state index in [1.807, 2.05) is 43.3 Å². The highest BCUT2D eigenvalue weighted by atomic mass is 35.5. The fourth-order valence-electron chi connectivity index (χ4n) is 4.14. The van der Waals surface area contributed by atoms with Crippen molar-refractivity contribution in [3.63, 3.8) is 0 Å². The quantitative estimate of drug-likeness (QED) is 0.507. The Bertz CT molecular complexity index is 1210. The second-order valence-corrected chi connectivity index (χ2v) is 8.51. The molecule has 1 aromatic carbocycles. The van der Waals surface area contributed by atoms with Crippen molar-refractivity contribution in [2.75, 3.05) is 32.7 Å². The van der Waals surface area contributed by atoms with Gasteiger partial charge in [-0.15, -0.1) is 12.4 Å². The van der Waals surface area contributed by atoms with Crippen LogP contribution >= 0.6 is 12.4 Å². The molecule has 1 aliphatic rings. The summed E-state index contributed by atoms with van der Waals surface area (Å²) in [6.45, 7) is 3.08. The summed E-state index contributed by atoms with van der Waals surface area (Å²) in [5, 5.41) is 2.91. The second kappa shape index (κ2) is 12.1. The zero-order valence-corrected chi connectivity index (χ0v) is 21.9. The first kappa shape index (κ1) is 29.7. The molecule has 1 unspecified atom stereocenters. The third-order valence-corrected chi connectivity index (χ3v) is 5.88. The summed E-state index contributed by atoms with van der Waals surface area (Å²) in [6.07, 6.45) is -3.39. The smallest absolute Gasteiger partial charge is 0.433 e. The van der Waals surface area contributed by atoms with E-state index in [0.29, 0.717) is 6.42 Å². The predicted molar refractivity (Wildman–Crippen MR) is 135 cm³/mol. The van der Waals surface area contributed by atoms with Gasteiger partial charge in [0.15, 0.2) is 0 Å². The van der Waals surface area contributed by atoms with Gasteiger partial charge >= 0.3 is 18.1 Å². The van der Waals surface area contributed by atoms with Crippen LogP contribution in [-0.2, 0) is 31.7 Å². The third-order valence-electron chi connectivity index (χ3n) is 5.88. The Morgan fingerprint density at radius 2 is 1.62 bits per heavy atom. The summed E-state index contributed by atoms with van der Waals surface area (Å²) in [7, 11) is 4.97. The number of hydrogen-bond donors (Lipinski definition) is 1. The molecule has 0 radical (unpaired) electrons. The average molecular weight is 540 g/mol. The van der Waals surface area contributed by atoms with Crippen molar-refractivity contribution in [3.8, 4) is 0 Å². The Balaban J connectivity index is 0.00000481. The number of esters is 2. The number of ether oxygens (including phenoxy) is 2. The highest BCUT2D eigenvalue weighted by Gasteiger charge is 2.44. The maximum absolute atomic E-state index is 13.9. The van der Waals surface area contributed by atoms with Crippen molar-refractivity contribution in [1.82, 2.24) is 10.3 Å². The maximum Gasteiger partial charge on any atom is 0.433 e. The van der Waals surface area contributed by atoms with Crippen molar-refractivity contribution in [2.24, 2.45) is 0 Å². The standard InChI is InChI=1S/C26H28F3N3O4.ClH/c1-15-20(24(33)35-5)22(19-7-6-13-30-23(19)26(27,28)29)21(16(2)31-15)25(34)36-14-12-17-8-10-18(11-9-17)32(3)4;/h6-11,13,22,31H,12,14H2,1-5H3;1H. The number of alkyl halides is 3. The Morgan fingerprint density at radius 3 is 2.16 bits per heavy atom. The normalized spacial score (nSPS) is 15.5. The largest absolute Gasteiger partial charge is 0.466 e. The number of dihydropyridines is 1. The van der Waals surface area contributed by atoms with Crippen LogP contribution in [0.15, 0.2) is 65.1 Å². The Labute approximate surface area is 219 Å². The van der Waals surface area contributed by atoms with Crippen LogP contribution in [0.1, 0.15) is 36.6 Å². The maximum atomic E-state index is 13.9. The molecular formula is C26H29ClF3N3O4. The number of carbonyl (C=O) groups excluding carboxylic acids is 2. The minimum absolute atomic E-state index is 0. The molecule has 1 aromatic heterocycles. The van der Waals surface area contributed by atoms with Crippen LogP contribution in [0.25, 0.3) is 0 Å². The zero-order valence-electron chi connectivity index (χ0n) is 21.1. The molecule has 1 atom stereocenters. The lowest BCUT2D eigenvalue weighted by Crippen LogP contribution is -2.33. The van der Waals surface area contributed by atoms with Gasteiger partial charge in [-0.2, -0.15) is 13.2 Å². The molecule has 3 rings (SSSR count). The van der Waals surface area contributed by atoms with Gasteiger partial charge in [-0.3, -0.25) is 4.98 Å². The van der Waals surface area contributed by atoms with E-state index in [2.05, 4.69) is 10.3 Å². The number of halogens is 4. The van der Waals surface area contributed by atoms with Crippen LogP contribution in [0, 0.1) is 0 Å². The molecule has 0 amide bonds. The van der Waals surface area contributed by atoms with Gasteiger partial charge in [-0.05, 0) is 43.2 Å². The molecule has 0 spiro atoms. The molecule has 0 fully saturated rings. The Kier molecular flexibility index (Phi) is 9.74. The number of aromatic nitrogens is 1. The van der Waals surface area contributed by atoms with Gasteiger partial charge in [0.25, 0.3) is 0 Å². The van der Waals surface area contributed by atoms with Crippen LogP contribution in [-0.4, -0.2) is 44.7 Å². The van der Waals surface area contributed by atoms with Crippen molar-refractivity contribution in [2.45, 2.75) is 32.4 Å². The molecule has 0 saturated carbocycles. The Morgan fingerprint density at radius 1 is 1.03 bits per heavy atom. The number of rotatable bonds is 7. The first-order valence-corrected chi connectivity index (χ1v) is 11.2. The van der Waals surface area contributed by atoms with Gasteiger partial charge in [0.2, 0.25) is 0 Å². The molecule has 1 aliphatic heterocycles. The summed E-state index contributed by atoms with van der Waals surface area (Å²) in [5.74, 6) is -3.07. The highest BCUT2D eigenvalue weighted by Crippen LogP contribution is 2.43. The topological polar surface area (TPSA) is 80.8 Å². The minimum Gasteiger partial charge on any atom is -0.466 e. The summed E-state index contributed by atoms with van der Waals surface area (Å²) in [4.78, 5) is 31.4. The van der Waals surface area contributed by atoms with Crippen LogP contribution in [0.2, 0.25) is 0 Å². The molecular weight excluding hydrogens is 511 g/mol. The highest BCUT2D eigenvalue weighted by molar-refractivity contribution is 6.00. The molecule has 1 N–H and O–H groups in total. The van der Waals surface area contributed by atoms with E-state index in [-0.39, 0.29) is 47.1 Å². The molecule has 7 nitrogen and oxygen atoms in total. The van der Waals surface area contributed by atoms with Gasteiger partial charge in [0.05, 0.1) is 30.8 Å². The minimum atomic E-state index is -4.81. The number of carbonyl (C=O) groups is 2. The number of pyridine rings is 1. The molecule has 0 aliphatic carbocycles. The summed E-state index contributed by atoms with van der Waals surface area (Å²) in [6, 6.07) is 10.2. The summed E-state index contributed by atoms with van der Waals surface area (Å²) < 4.78 is 51.9. The van der Waals surface area contributed by atoms with Crippen molar-refractivity contribution in [1.29, 1.82) is 0 Å². The summed E-state index contributed by atoms with van der Waals surface area (Å²) in [5.41, 5.74) is 0.746. The number of benzene rings is 1. The average Bonchev–Trinajstić information content (AvgIpc) is 2.82. The Hall–Kier alpha value is -3.53. The van der Waals surface area contributed by atoms with Gasteiger partial charge in [0, 0.05) is 43.8 Å². The lowest BCUT2D eigenvalue weighted by atomic mass is 9.79. The number of allylic oxidation sites excluding steroid dienone is 2. The number of anilines is 1. The zero-order chi connectivity index (χ0) is 26.6. The van der Waals surface area contributed by atoms with Gasteiger partial charge < -0.3 is 19.7 Å². The van der Waals surface area contributed by atoms with Crippen LogP contribution in [0.3, 0.4) is 0 Å². The van der Waals surface area contributed by atoms with Crippen LogP contribution in [0.4, 0.5) is 18.9 Å². The van der Waals surface area contributed by atoms with Gasteiger partial charge in [-0.25, -0.2) is 9.59 Å². The molecule has 2 aromatic rings. The van der Waals surface area contributed by atoms with Crippen molar-refractivity contribution < 1.29 is 32.2 Å². The number of methoxy groups -OCH3 is 1. The first-order valence-electron chi connectivity index (χ1n) is 11.2. The van der Waals surface area contributed by atoms with Gasteiger partial charge in [-0.1, -0.05) is 18.2 Å². The molecule has 0 bridgehead atoms. The molecule has 11 heteroatoms. The van der Waals surface area contributed by atoms with E-state index in [9.17, 15) is 22.8 Å². The number of nitrogens with zero attached hydrogens (tertiary/aromatic N) is 2. The lowest BCUT2D eigenvalue weighted by Gasteiger charge is -2.31. The predicted octanol–water partition coefficient (Wildman–Crippen LogP) is 4.78. The van der Waals surface area contributed by atoms with E-state index in [4.69, 9.17) is 9.47 Å². The van der Waals surface area contributed by atoms with E-state index < -0.39 is 29.7 Å². The SMILES string of the molecule is COC(=O)C1=C(C)NC(C)=C(C(=O)OCCc2ccc(N(C)C)cc2)C1c1cccnc1C(F)(F)F.Cl. The van der Waals surface area contributed by atoms with E-state index >= 15 is 0 Å².